The van der Waals surface area contributed by atoms with Gasteiger partial charge in [0, 0.05) is 23.5 Å². The van der Waals surface area contributed by atoms with E-state index in [2.05, 4.69) is 19.1 Å². The molecular weight excluding hydrogens is 418 g/mol. The van der Waals surface area contributed by atoms with E-state index in [9.17, 15) is 13.6 Å². The van der Waals surface area contributed by atoms with E-state index < -0.39 is 17.5 Å². The molecule has 3 aromatic carbocycles. The molecule has 0 spiro atoms. The monoisotopic (exact) mass is 444 g/mol. The lowest BCUT2D eigenvalue weighted by Crippen LogP contribution is -2.13. The van der Waals surface area contributed by atoms with Crippen LogP contribution in [0.25, 0.3) is 22.3 Å². The Morgan fingerprint density at radius 1 is 0.879 bits per heavy atom. The largest absolute Gasteiger partial charge is 0.366 e. The standard InChI is InChI=1S/C28H26F2N2O/c1-3-7-25-27(22-13-11-21(12-14-22)20-8-5-4-6-9-20)26(28(31)33)18(2)32(25)17-19-10-15-23(29)24(30)16-19/h4-6,8-16H,3,7,17H2,1-2H3,(H2,31,33). The van der Waals surface area contributed by atoms with Crippen LogP contribution in [0.15, 0.2) is 72.8 Å². The van der Waals surface area contributed by atoms with E-state index in [1.807, 2.05) is 54.0 Å². The van der Waals surface area contributed by atoms with E-state index in [1.165, 1.54) is 6.07 Å². The summed E-state index contributed by atoms with van der Waals surface area (Å²) in [4.78, 5) is 12.5. The molecule has 1 heterocycles. The van der Waals surface area contributed by atoms with Gasteiger partial charge in [-0.2, -0.15) is 0 Å². The number of nitrogens with two attached hydrogens (primary N) is 1. The number of carbonyl (C=O) groups is 1. The summed E-state index contributed by atoms with van der Waals surface area (Å²) in [5.41, 5.74) is 12.5. The first-order valence-electron chi connectivity index (χ1n) is 11.0. The summed E-state index contributed by atoms with van der Waals surface area (Å²) in [6.07, 6.45) is 1.57. The fourth-order valence-electron chi connectivity index (χ4n) is 4.40. The van der Waals surface area contributed by atoms with Gasteiger partial charge in [-0.05, 0) is 47.7 Å². The van der Waals surface area contributed by atoms with Gasteiger partial charge >= 0.3 is 0 Å². The average molecular weight is 445 g/mol. The molecule has 4 rings (SSSR count). The predicted octanol–water partition coefficient (Wildman–Crippen LogP) is 6.51. The minimum atomic E-state index is -0.888. The molecule has 0 saturated carbocycles. The minimum Gasteiger partial charge on any atom is -0.366 e. The second-order valence-electron chi connectivity index (χ2n) is 8.17. The topological polar surface area (TPSA) is 48.0 Å². The summed E-state index contributed by atoms with van der Waals surface area (Å²) in [5, 5.41) is 0. The molecule has 0 radical (unpaired) electrons. The van der Waals surface area contributed by atoms with Crippen LogP contribution in [0, 0.1) is 18.6 Å². The Bertz CT molecular complexity index is 1290. The Kier molecular flexibility index (Phi) is 6.40. The number of primary amides is 1. The molecular formula is C28H26F2N2O. The number of rotatable bonds is 7. The lowest BCUT2D eigenvalue weighted by Gasteiger charge is -2.13. The highest BCUT2D eigenvalue weighted by molar-refractivity contribution is 6.02. The van der Waals surface area contributed by atoms with Gasteiger partial charge in [0.2, 0.25) is 0 Å². The van der Waals surface area contributed by atoms with Crippen LogP contribution in [0.2, 0.25) is 0 Å². The number of halogens is 2. The van der Waals surface area contributed by atoms with Crippen molar-refractivity contribution in [2.75, 3.05) is 0 Å². The molecule has 5 heteroatoms. The van der Waals surface area contributed by atoms with Crippen LogP contribution in [-0.4, -0.2) is 10.5 Å². The first-order chi connectivity index (χ1) is 15.9. The van der Waals surface area contributed by atoms with Crippen molar-refractivity contribution in [1.29, 1.82) is 0 Å². The lowest BCUT2D eigenvalue weighted by atomic mass is 9.96. The highest BCUT2D eigenvalue weighted by atomic mass is 19.2. The van der Waals surface area contributed by atoms with E-state index in [1.54, 1.807) is 6.07 Å². The quantitative estimate of drug-likeness (QED) is 0.347. The van der Waals surface area contributed by atoms with Crippen molar-refractivity contribution in [3.05, 3.63) is 107 Å². The molecule has 0 aliphatic rings. The van der Waals surface area contributed by atoms with Gasteiger partial charge in [0.25, 0.3) is 5.91 Å². The van der Waals surface area contributed by atoms with Gasteiger partial charge in [0.05, 0.1) is 5.56 Å². The number of benzene rings is 3. The van der Waals surface area contributed by atoms with E-state index in [-0.39, 0.29) is 0 Å². The Morgan fingerprint density at radius 2 is 1.52 bits per heavy atom. The molecule has 0 saturated heterocycles. The number of carbonyl (C=O) groups excluding carboxylic acids is 1. The second kappa shape index (κ2) is 9.41. The molecule has 0 bridgehead atoms. The summed E-state index contributed by atoms with van der Waals surface area (Å²) < 4.78 is 29.2. The molecule has 0 aliphatic heterocycles. The van der Waals surface area contributed by atoms with Crippen molar-refractivity contribution >= 4 is 5.91 Å². The van der Waals surface area contributed by atoms with Gasteiger partial charge in [0.1, 0.15) is 0 Å². The van der Waals surface area contributed by atoms with Crippen molar-refractivity contribution in [2.24, 2.45) is 5.73 Å². The first kappa shape index (κ1) is 22.5. The number of nitrogens with zero attached hydrogens (tertiary/aromatic N) is 1. The van der Waals surface area contributed by atoms with Crippen LogP contribution < -0.4 is 5.73 Å². The van der Waals surface area contributed by atoms with E-state index in [4.69, 9.17) is 5.73 Å². The van der Waals surface area contributed by atoms with Crippen LogP contribution in [0.4, 0.5) is 8.78 Å². The maximum absolute atomic E-state index is 13.8. The zero-order chi connectivity index (χ0) is 23.5. The fourth-order valence-corrected chi connectivity index (χ4v) is 4.40. The van der Waals surface area contributed by atoms with E-state index in [0.29, 0.717) is 24.1 Å². The Hall–Kier alpha value is -3.73. The van der Waals surface area contributed by atoms with Gasteiger partial charge in [-0.3, -0.25) is 4.79 Å². The smallest absolute Gasteiger partial charge is 0.251 e. The molecule has 168 valence electrons. The number of aromatic nitrogens is 1. The Labute approximate surface area is 192 Å². The molecule has 33 heavy (non-hydrogen) atoms. The zero-order valence-electron chi connectivity index (χ0n) is 18.7. The molecule has 1 amide bonds. The SMILES string of the molecule is CCCc1c(-c2ccc(-c3ccccc3)cc2)c(C(N)=O)c(C)n1Cc1ccc(F)c(F)c1. The van der Waals surface area contributed by atoms with Crippen LogP contribution in [-0.2, 0) is 13.0 Å². The maximum Gasteiger partial charge on any atom is 0.251 e. The minimum absolute atomic E-state index is 0.320. The Balaban J connectivity index is 1.84. The van der Waals surface area contributed by atoms with Gasteiger partial charge in [-0.15, -0.1) is 0 Å². The van der Waals surface area contributed by atoms with Gasteiger partial charge in [-0.25, -0.2) is 8.78 Å². The van der Waals surface area contributed by atoms with E-state index >= 15 is 0 Å². The van der Waals surface area contributed by atoms with Gasteiger partial charge < -0.3 is 10.3 Å². The second-order valence-corrected chi connectivity index (χ2v) is 8.17. The van der Waals surface area contributed by atoms with Crippen molar-refractivity contribution in [3.63, 3.8) is 0 Å². The number of amides is 1. The third-order valence-electron chi connectivity index (χ3n) is 5.97. The predicted molar refractivity (Wildman–Crippen MR) is 128 cm³/mol. The highest BCUT2D eigenvalue weighted by Gasteiger charge is 2.24. The summed E-state index contributed by atoms with van der Waals surface area (Å²) in [5.74, 6) is -2.27. The fraction of sp³-hybridized carbons (Fsp3) is 0.179. The van der Waals surface area contributed by atoms with Crippen molar-refractivity contribution in [3.8, 4) is 22.3 Å². The van der Waals surface area contributed by atoms with Crippen molar-refractivity contribution < 1.29 is 13.6 Å². The van der Waals surface area contributed by atoms with Gasteiger partial charge in [0.15, 0.2) is 11.6 Å². The number of hydrogen-bond acceptors (Lipinski definition) is 1. The molecule has 0 atom stereocenters. The Morgan fingerprint density at radius 3 is 2.12 bits per heavy atom. The maximum atomic E-state index is 13.8. The summed E-state index contributed by atoms with van der Waals surface area (Å²) in [6, 6.07) is 22.0. The molecule has 2 N–H and O–H groups in total. The van der Waals surface area contributed by atoms with E-state index in [0.717, 1.165) is 46.1 Å². The lowest BCUT2D eigenvalue weighted by molar-refractivity contribution is 0.1000. The molecule has 1 aromatic heterocycles. The number of hydrogen-bond donors (Lipinski definition) is 1. The first-order valence-corrected chi connectivity index (χ1v) is 11.0. The van der Waals surface area contributed by atoms with Crippen LogP contribution in [0.1, 0.15) is 40.7 Å². The molecule has 0 unspecified atom stereocenters. The van der Waals surface area contributed by atoms with Crippen LogP contribution in [0.5, 0.6) is 0 Å². The molecule has 0 fully saturated rings. The normalized spacial score (nSPS) is 11.0. The zero-order valence-corrected chi connectivity index (χ0v) is 18.7. The molecule has 3 nitrogen and oxygen atoms in total. The van der Waals surface area contributed by atoms with Gasteiger partial charge in [-0.1, -0.05) is 74.0 Å². The third kappa shape index (κ3) is 4.44. The van der Waals surface area contributed by atoms with Crippen LogP contribution in [0.3, 0.4) is 0 Å². The van der Waals surface area contributed by atoms with Crippen LogP contribution >= 0.6 is 0 Å². The molecule has 0 aliphatic carbocycles. The third-order valence-corrected chi connectivity index (χ3v) is 5.97. The highest BCUT2D eigenvalue weighted by Crippen LogP contribution is 2.35. The van der Waals surface area contributed by atoms with Crippen molar-refractivity contribution in [2.45, 2.75) is 33.2 Å². The average Bonchev–Trinajstić information content (AvgIpc) is 3.09. The summed E-state index contributed by atoms with van der Waals surface area (Å²) >= 11 is 0. The molecule has 4 aromatic rings. The summed E-state index contributed by atoms with van der Waals surface area (Å²) in [6.45, 7) is 4.23. The summed E-state index contributed by atoms with van der Waals surface area (Å²) in [7, 11) is 0. The van der Waals surface area contributed by atoms with Crippen molar-refractivity contribution in [1.82, 2.24) is 4.57 Å².